The van der Waals surface area contributed by atoms with Crippen LogP contribution < -0.4 is 5.32 Å². The van der Waals surface area contributed by atoms with Crippen LogP contribution in [0.3, 0.4) is 0 Å². The fourth-order valence-electron chi connectivity index (χ4n) is 2.42. The number of allylic oxidation sites excluding steroid dienone is 1. The molecular formula is C16H23ClN3S+. The monoisotopic (exact) mass is 324 g/mol. The summed E-state index contributed by atoms with van der Waals surface area (Å²) in [6, 6.07) is 8.02. The number of aliphatic imine (C=N–C) groups is 1. The molecule has 1 N–H and O–H groups in total. The number of nitrogens with one attached hydrogen (secondary N) is 1. The Kier molecular flexibility index (Phi) is 5.49. The van der Waals surface area contributed by atoms with Crippen molar-refractivity contribution in [2.45, 2.75) is 25.7 Å². The van der Waals surface area contributed by atoms with Gasteiger partial charge in [0.05, 0.1) is 6.54 Å². The van der Waals surface area contributed by atoms with Gasteiger partial charge in [-0.05, 0) is 43.9 Å². The minimum Gasteiger partial charge on any atom is -0.273 e. The first-order valence-electron chi connectivity index (χ1n) is 7.27. The Bertz CT molecular complexity index is 568. The summed E-state index contributed by atoms with van der Waals surface area (Å²) in [4.78, 5) is 5.87. The number of hydrogen-bond acceptors (Lipinski definition) is 3. The van der Waals surface area contributed by atoms with E-state index in [-0.39, 0.29) is 0 Å². The zero-order valence-electron chi connectivity index (χ0n) is 13.1. The van der Waals surface area contributed by atoms with E-state index in [1.54, 1.807) is 11.8 Å². The van der Waals surface area contributed by atoms with Crippen molar-refractivity contribution < 1.29 is 4.48 Å². The van der Waals surface area contributed by atoms with Gasteiger partial charge in [-0.15, -0.1) is 0 Å². The Morgan fingerprint density at radius 2 is 2.14 bits per heavy atom. The predicted molar refractivity (Wildman–Crippen MR) is 92.4 cm³/mol. The van der Waals surface area contributed by atoms with Crippen LogP contribution in [0.15, 0.2) is 44.9 Å². The third-order valence-corrected chi connectivity index (χ3v) is 5.09. The van der Waals surface area contributed by atoms with Crippen LogP contribution in [0.1, 0.15) is 20.8 Å². The van der Waals surface area contributed by atoms with E-state index in [1.807, 2.05) is 25.2 Å². The predicted octanol–water partition coefficient (Wildman–Crippen LogP) is 4.31. The number of rotatable bonds is 6. The maximum absolute atomic E-state index is 6.12. The highest BCUT2D eigenvalue weighted by Gasteiger charge is 2.38. The van der Waals surface area contributed by atoms with E-state index < -0.39 is 0 Å². The molecule has 1 heterocycles. The molecule has 2 rings (SSSR count). The van der Waals surface area contributed by atoms with Crippen molar-refractivity contribution in [3.63, 3.8) is 0 Å². The summed E-state index contributed by atoms with van der Waals surface area (Å²) in [6.07, 6.45) is 2.07. The lowest BCUT2D eigenvalue weighted by molar-refractivity contribution is -0.786. The topological polar surface area (TPSA) is 24.4 Å². The van der Waals surface area contributed by atoms with Crippen LogP contribution in [0.25, 0.3) is 0 Å². The molecule has 0 aromatic heterocycles. The highest BCUT2D eigenvalue weighted by Crippen LogP contribution is 2.41. The second kappa shape index (κ2) is 6.97. The van der Waals surface area contributed by atoms with Crippen LogP contribution in [0.4, 0.5) is 0 Å². The van der Waals surface area contributed by atoms with Gasteiger partial charge in [0, 0.05) is 15.8 Å². The summed E-state index contributed by atoms with van der Waals surface area (Å²) in [5.41, 5.74) is 1.18. The number of nitrogens with zero attached hydrogens (tertiary/aromatic N) is 2. The van der Waals surface area contributed by atoms with Crippen molar-refractivity contribution in [2.24, 2.45) is 10.9 Å². The maximum Gasteiger partial charge on any atom is 0.201 e. The Hall–Kier alpha value is -0.810. The molecule has 1 unspecified atom stereocenters. The lowest BCUT2D eigenvalue weighted by atomic mass is 10.1. The van der Waals surface area contributed by atoms with Gasteiger partial charge < -0.3 is 0 Å². The number of benzene rings is 1. The van der Waals surface area contributed by atoms with E-state index >= 15 is 0 Å². The molecule has 5 heteroatoms. The number of thioether (sulfide) groups is 1. The van der Waals surface area contributed by atoms with Gasteiger partial charge in [-0.25, -0.2) is 9.48 Å². The SMILES string of the molecule is CC[N+]1(CNC)C=NC(C(C)C)=C1Sc1cccc(Cl)c1. The van der Waals surface area contributed by atoms with E-state index in [1.165, 1.54) is 10.7 Å². The molecule has 0 amide bonds. The first-order chi connectivity index (χ1) is 10.0. The molecule has 21 heavy (non-hydrogen) atoms. The number of quaternary nitrogens is 1. The fraction of sp³-hybridized carbons (Fsp3) is 0.438. The summed E-state index contributed by atoms with van der Waals surface area (Å²) >= 11 is 7.89. The summed E-state index contributed by atoms with van der Waals surface area (Å²) < 4.78 is 0.751. The molecular weight excluding hydrogens is 302 g/mol. The standard InChI is InChI=1S/C16H23ClN3S/c1-5-20(10-18-4)11-19-15(12(2)3)16(20)21-14-8-6-7-13(17)9-14/h6-9,11-12,18H,5,10H2,1-4H3/q+1. The van der Waals surface area contributed by atoms with Gasteiger partial charge in [0.15, 0.2) is 6.34 Å². The van der Waals surface area contributed by atoms with E-state index in [9.17, 15) is 0 Å². The average molecular weight is 325 g/mol. The molecule has 0 spiro atoms. The molecule has 0 saturated heterocycles. The van der Waals surface area contributed by atoms with Gasteiger partial charge in [0.2, 0.25) is 5.03 Å². The average Bonchev–Trinajstić information content (AvgIpc) is 2.79. The van der Waals surface area contributed by atoms with Crippen LogP contribution in [-0.4, -0.2) is 31.1 Å². The Labute approximate surface area is 136 Å². The largest absolute Gasteiger partial charge is 0.273 e. The molecule has 0 fully saturated rings. The van der Waals surface area contributed by atoms with Gasteiger partial charge in [0.1, 0.15) is 12.4 Å². The lowest BCUT2D eigenvalue weighted by Crippen LogP contribution is -2.48. The number of halogens is 1. The van der Waals surface area contributed by atoms with Crippen LogP contribution in [-0.2, 0) is 0 Å². The smallest absolute Gasteiger partial charge is 0.201 e. The van der Waals surface area contributed by atoms with Crippen molar-refractivity contribution in [3.05, 3.63) is 40.0 Å². The summed E-state index contributed by atoms with van der Waals surface area (Å²) in [6.45, 7) is 8.41. The first kappa shape index (κ1) is 16.6. The Balaban J connectivity index is 2.40. The highest BCUT2D eigenvalue weighted by molar-refractivity contribution is 8.02. The van der Waals surface area contributed by atoms with E-state index in [2.05, 4.69) is 38.5 Å². The van der Waals surface area contributed by atoms with E-state index in [0.717, 1.165) is 27.6 Å². The van der Waals surface area contributed by atoms with Crippen molar-refractivity contribution >= 4 is 29.7 Å². The number of hydrogen-bond donors (Lipinski definition) is 1. The van der Waals surface area contributed by atoms with Crippen LogP contribution in [0.2, 0.25) is 5.02 Å². The van der Waals surface area contributed by atoms with Gasteiger partial charge in [-0.1, -0.05) is 31.5 Å². The molecule has 1 aromatic carbocycles. The zero-order chi connectivity index (χ0) is 15.5. The molecule has 114 valence electrons. The Morgan fingerprint density at radius 1 is 1.38 bits per heavy atom. The first-order valence-corrected chi connectivity index (χ1v) is 8.46. The second-order valence-corrected chi connectivity index (χ2v) is 7.01. The second-order valence-electron chi connectivity index (χ2n) is 5.51. The maximum atomic E-state index is 6.12. The van der Waals surface area contributed by atoms with Gasteiger partial charge in [-0.2, -0.15) is 0 Å². The molecule has 0 aliphatic carbocycles. The summed E-state index contributed by atoms with van der Waals surface area (Å²) in [7, 11) is 1.98. The molecule has 1 aromatic rings. The van der Waals surface area contributed by atoms with Gasteiger partial charge >= 0.3 is 0 Å². The molecule has 0 saturated carbocycles. The van der Waals surface area contributed by atoms with E-state index in [0.29, 0.717) is 5.92 Å². The van der Waals surface area contributed by atoms with Crippen molar-refractivity contribution in [3.8, 4) is 0 Å². The molecule has 1 aliphatic heterocycles. The molecule has 1 atom stereocenters. The van der Waals surface area contributed by atoms with Crippen LogP contribution in [0, 0.1) is 5.92 Å². The fourth-order valence-corrected chi connectivity index (χ4v) is 4.05. The summed E-state index contributed by atoms with van der Waals surface area (Å²) in [5.74, 6) is 0.409. The third-order valence-electron chi connectivity index (χ3n) is 3.60. The quantitative estimate of drug-likeness (QED) is 0.788. The zero-order valence-corrected chi connectivity index (χ0v) is 14.6. The Morgan fingerprint density at radius 3 is 2.71 bits per heavy atom. The minimum absolute atomic E-state index is 0.409. The molecule has 3 nitrogen and oxygen atoms in total. The van der Waals surface area contributed by atoms with E-state index in [4.69, 9.17) is 16.6 Å². The van der Waals surface area contributed by atoms with Crippen molar-refractivity contribution in [2.75, 3.05) is 20.3 Å². The van der Waals surface area contributed by atoms with Crippen molar-refractivity contribution in [1.82, 2.24) is 5.32 Å². The van der Waals surface area contributed by atoms with Crippen LogP contribution >= 0.6 is 23.4 Å². The van der Waals surface area contributed by atoms with Gasteiger partial charge in [0.25, 0.3) is 0 Å². The van der Waals surface area contributed by atoms with Crippen LogP contribution in [0.5, 0.6) is 0 Å². The van der Waals surface area contributed by atoms with Crippen molar-refractivity contribution in [1.29, 1.82) is 0 Å². The normalized spacial score (nSPS) is 21.6. The summed E-state index contributed by atoms with van der Waals surface area (Å²) in [5, 5.41) is 5.36. The minimum atomic E-state index is 0.409. The molecule has 1 aliphatic rings. The highest BCUT2D eigenvalue weighted by atomic mass is 35.5. The third kappa shape index (κ3) is 3.51. The molecule has 0 bridgehead atoms. The lowest BCUT2D eigenvalue weighted by Gasteiger charge is -2.31. The van der Waals surface area contributed by atoms with Gasteiger partial charge in [-0.3, -0.25) is 5.32 Å². The molecule has 0 radical (unpaired) electrons.